The van der Waals surface area contributed by atoms with Gasteiger partial charge in [-0.15, -0.1) is 0 Å². The van der Waals surface area contributed by atoms with Crippen molar-refractivity contribution in [1.82, 2.24) is 19.1 Å². The van der Waals surface area contributed by atoms with E-state index in [0.29, 0.717) is 10.9 Å². The fourth-order valence-electron chi connectivity index (χ4n) is 4.24. The third kappa shape index (κ3) is 4.11. The molecule has 2 saturated heterocycles. The number of piperazine rings is 1. The summed E-state index contributed by atoms with van der Waals surface area (Å²) in [7, 11) is 0. The Morgan fingerprint density at radius 3 is 2.10 bits per heavy atom. The summed E-state index contributed by atoms with van der Waals surface area (Å²) in [5.74, 6) is 0.168. The van der Waals surface area contributed by atoms with Gasteiger partial charge in [0, 0.05) is 57.1 Å². The quantitative estimate of drug-likeness (QED) is 0.636. The first-order valence-corrected chi connectivity index (χ1v) is 11.3. The molecule has 0 aliphatic carbocycles. The molecular formula is C24H24N4O2S. The molecule has 0 radical (unpaired) electrons. The van der Waals surface area contributed by atoms with Crippen LogP contribution in [0.3, 0.4) is 0 Å². The van der Waals surface area contributed by atoms with E-state index in [2.05, 4.69) is 21.4 Å². The summed E-state index contributed by atoms with van der Waals surface area (Å²) < 4.78 is 4.02. The zero-order valence-electron chi connectivity index (χ0n) is 17.2. The molecule has 2 aliphatic rings. The minimum Gasteiger partial charge on any atom is -0.335 e. The van der Waals surface area contributed by atoms with E-state index in [4.69, 9.17) is 0 Å². The predicted molar refractivity (Wildman–Crippen MR) is 121 cm³/mol. The van der Waals surface area contributed by atoms with Crippen molar-refractivity contribution in [2.45, 2.75) is 6.04 Å². The van der Waals surface area contributed by atoms with Crippen molar-refractivity contribution in [2.75, 3.05) is 39.3 Å². The summed E-state index contributed by atoms with van der Waals surface area (Å²) in [6.45, 7) is 4.65. The zero-order chi connectivity index (χ0) is 21.2. The Kier molecular flexibility index (Phi) is 5.53. The number of carbonyl (C=O) groups excluding carboxylic acids is 2. The predicted octanol–water partition coefficient (Wildman–Crippen LogP) is 3.09. The van der Waals surface area contributed by atoms with Crippen LogP contribution in [0, 0.1) is 0 Å². The summed E-state index contributed by atoms with van der Waals surface area (Å²) in [4.78, 5) is 32.2. The van der Waals surface area contributed by atoms with E-state index in [1.54, 1.807) is 12.3 Å². The first-order chi connectivity index (χ1) is 15.2. The Balaban J connectivity index is 1.12. The maximum Gasteiger partial charge on any atom is 0.265 e. The van der Waals surface area contributed by atoms with Gasteiger partial charge in [-0.2, -0.15) is 0 Å². The fourth-order valence-corrected chi connectivity index (χ4v) is 4.81. The maximum atomic E-state index is 12.8. The molecule has 3 heterocycles. The molecule has 5 rings (SSSR count). The topological polar surface area (TPSA) is 56.8 Å². The molecule has 1 aromatic heterocycles. The van der Waals surface area contributed by atoms with Gasteiger partial charge in [0.2, 0.25) is 0 Å². The Morgan fingerprint density at radius 1 is 0.774 bits per heavy atom. The summed E-state index contributed by atoms with van der Waals surface area (Å²) in [6.07, 6.45) is 1.67. The Hall–Kier alpha value is -3.03. The number of carbonyl (C=O) groups is 2. The van der Waals surface area contributed by atoms with Gasteiger partial charge in [-0.05, 0) is 40.9 Å². The summed E-state index contributed by atoms with van der Waals surface area (Å²) in [5.41, 5.74) is 3.00. The van der Waals surface area contributed by atoms with E-state index in [0.717, 1.165) is 56.0 Å². The number of hydrogen-bond acceptors (Lipinski definition) is 5. The lowest BCUT2D eigenvalue weighted by Gasteiger charge is -2.48. The summed E-state index contributed by atoms with van der Waals surface area (Å²) in [5, 5.41) is 0. The third-order valence-corrected chi connectivity index (χ3v) is 6.89. The number of benzene rings is 2. The van der Waals surface area contributed by atoms with E-state index >= 15 is 0 Å². The van der Waals surface area contributed by atoms with Crippen LogP contribution in [0.25, 0.3) is 11.1 Å². The van der Waals surface area contributed by atoms with Gasteiger partial charge in [0.1, 0.15) is 4.88 Å². The maximum absolute atomic E-state index is 12.8. The van der Waals surface area contributed by atoms with Crippen molar-refractivity contribution in [3.05, 3.63) is 77.3 Å². The highest BCUT2D eigenvalue weighted by Gasteiger charge is 2.37. The number of aromatic nitrogens is 1. The van der Waals surface area contributed by atoms with Crippen LogP contribution in [0.5, 0.6) is 0 Å². The molecule has 0 N–H and O–H groups in total. The van der Waals surface area contributed by atoms with Crippen molar-refractivity contribution in [3.8, 4) is 11.1 Å². The van der Waals surface area contributed by atoms with E-state index in [1.165, 1.54) is 11.5 Å². The highest BCUT2D eigenvalue weighted by Crippen LogP contribution is 2.23. The Labute approximate surface area is 185 Å². The number of amides is 2. The standard InChI is InChI=1S/C24H24N4O2S/c29-23(20-8-6-19(7-9-20)18-4-2-1-3-5-18)28-16-21(17-28)26-12-14-27(15-13-26)24(30)22-10-11-25-31-22/h1-11,21H,12-17H2. The monoisotopic (exact) mass is 432 g/mol. The minimum absolute atomic E-state index is 0.0755. The molecule has 2 aliphatic heterocycles. The Bertz CT molecular complexity index is 1040. The van der Waals surface area contributed by atoms with Gasteiger partial charge < -0.3 is 9.80 Å². The zero-order valence-corrected chi connectivity index (χ0v) is 18.0. The van der Waals surface area contributed by atoms with E-state index in [1.807, 2.05) is 52.3 Å². The lowest BCUT2D eigenvalue weighted by Crippen LogP contribution is -2.64. The normalized spacial score (nSPS) is 17.4. The van der Waals surface area contributed by atoms with E-state index < -0.39 is 0 Å². The number of rotatable bonds is 4. The smallest absolute Gasteiger partial charge is 0.265 e. The molecule has 0 unspecified atom stereocenters. The molecule has 6 nitrogen and oxygen atoms in total. The molecule has 7 heteroatoms. The molecule has 2 aromatic carbocycles. The van der Waals surface area contributed by atoms with Gasteiger partial charge in [0.05, 0.1) is 0 Å². The van der Waals surface area contributed by atoms with Gasteiger partial charge in [-0.1, -0.05) is 42.5 Å². The molecule has 0 atom stereocenters. The van der Waals surface area contributed by atoms with Crippen LogP contribution in [0.1, 0.15) is 20.0 Å². The van der Waals surface area contributed by atoms with Gasteiger partial charge >= 0.3 is 0 Å². The van der Waals surface area contributed by atoms with Crippen molar-refractivity contribution < 1.29 is 9.59 Å². The third-order valence-electron chi connectivity index (χ3n) is 6.15. The van der Waals surface area contributed by atoms with Crippen LogP contribution in [-0.4, -0.2) is 76.2 Å². The van der Waals surface area contributed by atoms with Crippen LogP contribution < -0.4 is 0 Å². The summed E-state index contributed by atoms with van der Waals surface area (Å²) in [6, 6.07) is 20.2. The van der Waals surface area contributed by atoms with Gasteiger partial charge in [-0.25, -0.2) is 4.37 Å². The highest BCUT2D eigenvalue weighted by atomic mass is 32.1. The fraction of sp³-hybridized carbons (Fsp3) is 0.292. The van der Waals surface area contributed by atoms with Crippen molar-refractivity contribution in [3.63, 3.8) is 0 Å². The largest absolute Gasteiger partial charge is 0.335 e. The molecule has 2 fully saturated rings. The second kappa shape index (κ2) is 8.61. The lowest BCUT2D eigenvalue weighted by molar-refractivity contribution is 0.00863. The second-order valence-electron chi connectivity index (χ2n) is 8.01. The summed E-state index contributed by atoms with van der Waals surface area (Å²) >= 11 is 1.25. The molecule has 2 amide bonds. The van der Waals surface area contributed by atoms with Gasteiger partial charge in [0.25, 0.3) is 11.8 Å². The van der Waals surface area contributed by atoms with Crippen molar-refractivity contribution in [2.24, 2.45) is 0 Å². The molecule has 3 aromatic rings. The first kappa shape index (κ1) is 19.9. The number of likely N-dealkylation sites (tertiary alicyclic amines) is 1. The molecule has 0 bridgehead atoms. The number of hydrogen-bond donors (Lipinski definition) is 0. The van der Waals surface area contributed by atoms with Crippen LogP contribution in [0.4, 0.5) is 0 Å². The van der Waals surface area contributed by atoms with Crippen LogP contribution in [-0.2, 0) is 0 Å². The van der Waals surface area contributed by atoms with Crippen LogP contribution in [0.2, 0.25) is 0 Å². The van der Waals surface area contributed by atoms with Crippen LogP contribution in [0.15, 0.2) is 66.9 Å². The molecule has 31 heavy (non-hydrogen) atoms. The molecule has 158 valence electrons. The highest BCUT2D eigenvalue weighted by molar-refractivity contribution is 7.08. The average molecular weight is 433 g/mol. The van der Waals surface area contributed by atoms with Gasteiger partial charge in [-0.3, -0.25) is 14.5 Å². The van der Waals surface area contributed by atoms with E-state index in [-0.39, 0.29) is 11.8 Å². The van der Waals surface area contributed by atoms with Crippen molar-refractivity contribution >= 4 is 23.3 Å². The van der Waals surface area contributed by atoms with E-state index in [9.17, 15) is 9.59 Å². The lowest BCUT2D eigenvalue weighted by atomic mass is 10.0. The molecule has 0 saturated carbocycles. The van der Waals surface area contributed by atoms with Crippen LogP contribution >= 0.6 is 11.5 Å². The molecule has 0 spiro atoms. The second-order valence-corrected chi connectivity index (χ2v) is 8.85. The number of nitrogens with zero attached hydrogens (tertiary/aromatic N) is 4. The molecular weight excluding hydrogens is 408 g/mol. The first-order valence-electron chi connectivity index (χ1n) is 10.6. The average Bonchev–Trinajstić information content (AvgIpc) is 3.34. The minimum atomic E-state index is 0.0755. The Morgan fingerprint density at radius 2 is 1.45 bits per heavy atom. The SMILES string of the molecule is O=C(c1ccc(-c2ccccc2)cc1)N1CC(N2CCN(C(=O)c3ccns3)CC2)C1. The van der Waals surface area contributed by atoms with Gasteiger partial charge in [0.15, 0.2) is 0 Å². The van der Waals surface area contributed by atoms with Crippen molar-refractivity contribution in [1.29, 1.82) is 0 Å².